The van der Waals surface area contributed by atoms with Crippen LogP contribution in [0.4, 0.5) is 5.69 Å². The Hall–Kier alpha value is -2.40. The molecule has 0 amide bonds. The van der Waals surface area contributed by atoms with Crippen LogP contribution in [0.5, 0.6) is 0 Å². The number of anilines is 1. The summed E-state index contributed by atoms with van der Waals surface area (Å²) in [4.78, 5) is 26.3. The highest BCUT2D eigenvalue weighted by atomic mass is 79.9. The molecule has 196 valence electrons. The summed E-state index contributed by atoms with van der Waals surface area (Å²) in [5, 5.41) is 20.9. The fraction of sp³-hybridized carbons (Fsp3) is 0.250. The summed E-state index contributed by atoms with van der Waals surface area (Å²) in [5.41, 5.74) is 3.99. The molecular weight excluding hydrogens is 652 g/mol. The second-order valence-electron chi connectivity index (χ2n) is 10.2. The van der Waals surface area contributed by atoms with Gasteiger partial charge in [-0.25, -0.2) is 4.79 Å². The monoisotopic (exact) mass is 675 g/mol. The van der Waals surface area contributed by atoms with E-state index in [1.807, 2.05) is 45.9 Å². The van der Waals surface area contributed by atoms with Gasteiger partial charge in [-0.1, -0.05) is 74.9 Å². The van der Waals surface area contributed by atoms with Crippen LogP contribution in [-0.2, 0) is 16.1 Å². The summed E-state index contributed by atoms with van der Waals surface area (Å²) in [6, 6.07) is 11.9. The maximum absolute atomic E-state index is 11.7. The number of thiazole rings is 1. The van der Waals surface area contributed by atoms with Gasteiger partial charge in [-0.3, -0.25) is 4.79 Å². The zero-order valence-corrected chi connectivity index (χ0v) is 25.5. The largest absolute Gasteiger partial charge is 0.480 e. The van der Waals surface area contributed by atoms with Crippen LogP contribution in [0.25, 0.3) is 16.3 Å². The highest BCUT2D eigenvalue weighted by Gasteiger charge is 2.31. The van der Waals surface area contributed by atoms with Crippen molar-refractivity contribution in [3.05, 3.63) is 78.7 Å². The van der Waals surface area contributed by atoms with Gasteiger partial charge < -0.3 is 15.1 Å². The number of nitrogens with zero attached hydrogens (tertiary/aromatic N) is 2. The van der Waals surface area contributed by atoms with E-state index in [9.17, 15) is 19.8 Å². The minimum absolute atomic E-state index is 0.0128. The van der Waals surface area contributed by atoms with E-state index in [2.05, 4.69) is 63.9 Å². The molecule has 2 aromatic carbocycles. The number of carboxylic acids is 2. The summed E-state index contributed by atoms with van der Waals surface area (Å²) in [7, 11) is 0. The molecule has 0 fully saturated rings. The van der Waals surface area contributed by atoms with Crippen molar-refractivity contribution >= 4 is 88.9 Å². The average molecular weight is 677 g/mol. The molecule has 3 aromatic rings. The molecule has 2 N–H and O–H groups in total. The summed E-state index contributed by atoms with van der Waals surface area (Å²) in [6.45, 7) is 4.22. The minimum Gasteiger partial charge on any atom is -0.480 e. The smallest absolute Gasteiger partial charge is 0.370 e. The number of carboxylic acid groups (broad SMARTS) is 2. The van der Waals surface area contributed by atoms with Crippen molar-refractivity contribution < 1.29 is 24.4 Å². The van der Waals surface area contributed by atoms with Crippen LogP contribution in [0.15, 0.2) is 78.6 Å². The fourth-order valence-electron chi connectivity index (χ4n) is 4.97. The number of hydrogen-bond donors (Lipinski definition) is 2. The third kappa shape index (κ3) is 5.93. The van der Waals surface area contributed by atoms with E-state index < -0.39 is 11.9 Å². The van der Waals surface area contributed by atoms with Gasteiger partial charge >= 0.3 is 11.9 Å². The second kappa shape index (κ2) is 10.6. The number of benzene rings is 2. The Balaban J connectivity index is 1.57. The van der Waals surface area contributed by atoms with Crippen molar-refractivity contribution in [3.63, 3.8) is 0 Å². The molecule has 2 aliphatic rings. The van der Waals surface area contributed by atoms with Crippen LogP contribution in [0.1, 0.15) is 31.7 Å². The lowest BCUT2D eigenvalue weighted by Crippen LogP contribution is -2.39. The van der Waals surface area contributed by atoms with Gasteiger partial charge in [0.1, 0.15) is 11.2 Å². The molecule has 5 rings (SSSR count). The topological polar surface area (TPSA) is 81.7 Å². The number of allylic oxidation sites excluding steroid dienone is 4. The first-order valence-corrected chi connectivity index (χ1v) is 15.1. The standard InChI is InChI=1S/C28H24Br2N2O4S2/c1-28(2)12-16(8-24-31(14-26(33)34)20-10-18(29)3-5-22(20)37-24)7-17(13-28)9-25-32(15-27(35)36)21-11-19(30)4-6-23(21)38-25/h3-11H,12-15H2,1-2H3,(H-,33,34,35,36)/p+1. The lowest BCUT2D eigenvalue weighted by atomic mass is 9.75. The summed E-state index contributed by atoms with van der Waals surface area (Å²) < 4.78 is 4.69. The first-order valence-electron chi connectivity index (χ1n) is 11.9. The quantitative estimate of drug-likeness (QED) is 0.264. The molecule has 6 nitrogen and oxygen atoms in total. The number of aromatic nitrogens is 1. The summed E-state index contributed by atoms with van der Waals surface area (Å²) >= 11 is 10.2. The van der Waals surface area contributed by atoms with E-state index in [0.29, 0.717) is 0 Å². The molecule has 0 atom stereocenters. The Kier molecular flexibility index (Phi) is 7.61. The highest BCUT2D eigenvalue weighted by Crippen LogP contribution is 2.48. The van der Waals surface area contributed by atoms with Crippen molar-refractivity contribution in [2.45, 2.75) is 38.1 Å². The van der Waals surface area contributed by atoms with Gasteiger partial charge in [-0.05, 0) is 65.8 Å². The number of thioether (sulfide) groups is 1. The maximum Gasteiger partial charge on any atom is 0.370 e. The molecule has 10 heteroatoms. The van der Waals surface area contributed by atoms with E-state index in [4.69, 9.17) is 0 Å². The van der Waals surface area contributed by atoms with Crippen molar-refractivity contribution in [1.82, 2.24) is 0 Å². The van der Waals surface area contributed by atoms with Crippen LogP contribution >= 0.6 is 55.0 Å². The molecule has 0 unspecified atom stereocenters. The molecule has 0 radical (unpaired) electrons. The van der Waals surface area contributed by atoms with Gasteiger partial charge in [0.15, 0.2) is 0 Å². The van der Waals surface area contributed by atoms with Crippen LogP contribution in [-0.4, -0.2) is 28.7 Å². The van der Waals surface area contributed by atoms with E-state index in [1.54, 1.807) is 23.1 Å². The van der Waals surface area contributed by atoms with Crippen LogP contribution in [0.3, 0.4) is 0 Å². The van der Waals surface area contributed by atoms with Crippen LogP contribution in [0, 0.1) is 5.41 Å². The third-order valence-electron chi connectivity index (χ3n) is 6.33. The third-order valence-corrected chi connectivity index (χ3v) is 9.54. The molecule has 0 spiro atoms. The van der Waals surface area contributed by atoms with Gasteiger partial charge in [-0.2, -0.15) is 4.57 Å². The van der Waals surface area contributed by atoms with Gasteiger partial charge in [0.2, 0.25) is 12.1 Å². The number of fused-ring (bicyclic) bond motifs is 2. The van der Waals surface area contributed by atoms with Crippen molar-refractivity contribution in [2.75, 3.05) is 11.4 Å². The van der Waals surface area contributed by atoms with Gasteiger partial charge in [-0.15, -0.1) is 0 Å². The second-order valence-corrected chi connectivity index (χ2v) is 14.1. The molecule has 0 saturated heterocycles. The zero-order chi connectivity index (χ0) is 27.2. The molecule has 1 aromatic heterocycles. The van der Waals surface area contributed by atoms with Gasteiger partial charge in [0.05, 0.1) is 10.7 Å². The molecule has 38 heavy (non-hydrogen) atoms. The molecule has 0 bridgehead atoms. The lowest BCUT2D eigenvalue weighted by molar-refractivity contribution is -0.657. The van der Waals surface area contributed by atoms with Gasteiger partial charge in [0, 0.05) is 26.0 Å². The number of halogens is 2. The maximum atomic E-state index is 11.7. The summed E-state index contributed by atoms with van der Waals surface area (Å²) in [5.74, 6) is -1.77. The van der Waals surface area contributed by atoms with Crippen LogP contribution < -0.4 is 9.47 Å². The van der Waals surface area contributed by atoms with Crippen molar-refractivity contribution in [2.24, 2.45) is 5.41 Å². The number of aliphatic carboxylic acids is 2. The van der Waals surface area contributed by atoms with E-state index >= 15 is 0 Å². The highest BCUT2D eigenvalue weighted by molar-refractivity contribution is 9.10. The predicted octanol–water partition coefficient (Wildman–Crippen LogP) is 7.47. The summed E-state index contributed by atoms with van der Waals surface area (Å²) in [6.07, 6.45) is 8.07. The van der Waals surface area contributed by atoms with Crippen molar-refractivity contribution in [3.8, 4) is 0 Å². The zero-order valence-electron chi connectivity index (χ0n) is 20.7. The molecular formula is C28H25Br2N2O4S2+. The molecule has 0 saturated carbocycles. The van der Waals surface area contributed by atoms with E-state index in [0.717, 1.165) is 63.8 Å². The molecule has 2 heterocycles. The first-order chi connectivity index (χ1) is 18.0. The normalized spacial score (nSPS) is 18.7. The SMILES string of the molecule is CC1(C)CC(C=C2Sc3ccc(Br)cc3N2CC(=O)O)=CC(=Cc2sc3ccc(Br)cc3[n+]2CC(=O)O)C1. The predicted molar refractivity (Wildman–Crippen MR) is 159 cm³/mol. The lowest BCUT2D eigenvalue weighted by Gasteiger charge is -2.31. The van der Waals surface area contributed by atoms with E-state index in [-0.39, 0.29) is 18.5 Å². The molecule has 1 aliphatic carbocycles. The Bertz CT molecular complexity index is 1570. The first kappa shape index (κ1) is 27.2. The van der Waals surface area contributed by atoms with Crippen molar-refractivity contribution in [1.29, 1.82) is 0 Å². The number of hydrogen-bond acceptors (Lipinski definition) is 5. The number of rotatable bonds is 6. The van der Waals surface area contributed by atoms with E-state index in [1.165, 1.54) is 0 Å². The average Bonchev–Trinajstić information content (AvgIpc) is 3.29. The Morgan fingerprint density at radius 1 is 1.05 bits per heavy atom. The molecule has 1 aliphatic heterocycles. The van der Waals surface area contributed by atoms with Gasteiger partial charge in [0.25, 0.3) is 5.01 Å². The number of carbonyl (C=O) groups is 2. The minimum atomic E-state index is -0.887. The fourth-order valence-corrected chi connectivity index (χ4v) is 7.91. The van der Waals surface area contributed by atoms with Crippen LogP contribution in [0.2, 0.25) is 0 Å². The Morgan fingerprint density at radius 3 is 2.53 bits per heavy atom. The Labute approximate surface area is 245 Å². The Morgan fingerprint density at radius 2 is 1.79 bits per heavy atom.